The first-order valence-electron chi connectivity index (χ1n) is 6.41. The average Bonchev–Trinajstić information content (AvgIpc) is 2.53. The molecule has 0 heterocycles. The van der Waals surface area contributed by atoms with Gasteiger partial charge in [0, 0.05) is 5.56 Å². The average molecular weight is 285 g/mol. The molecule has 108 valence electrons. The Morgan fingerprint density at radius 3 is 1.95 bits per heavy atom. The van der Waals surface area contributed by atoms with Crippen LogP contribution in [0.4, 0.5) is 0 Å². The van der Waals surface area contributed by atoms with Gasteiger partial charge in [-0.3, -0.25) is 4.79 Å². The third-order valence-corrected chi connectivity index (χ3v) is 3.05. The fourth-order valence-electron chi connectivity index (χ4n) is 1.93. The van der Waals surface area contributed by atoms with Crippen molar-refractivity contribution in [2.24, 2.45) is 0 Å². The van der Waals surface area contributed by atoms with Crippen molar-refractivity contribution in [1.29, 1.82) is 0 Å². The molecule has 21 heavy (non-hydrogen) atoms. The molecule has 2 aromatic rings. The van der Waals surface area contributed by atoms with Crippen LogP contribution in [0.2, 0.25) is 0 Å². The molecule has 0 saturated carbocycles. The first-order chi connectivity index (χ1) is 10.1. The first-order valence-corrected chi connectivity index (χ1v) is 6.41. The molecule has 3 N–H and O–H groups in total. The molecule has 0 radical (unpaired) electrons. The van der Waals surface area contributed by atoms with Crippen LogP contribution < -0.4 is 5.32 Å². The minimum absolute atomic E-state index is 0.337. The largest absolute Gasteiger partial charge is 0.480 e. The fraction of sp³-hybridized carbons (Fsp3) is 0.125. The monoisotopic (exact) mass is 285 g/mol. The number of hydrogen-bond acceptors (Lipinski definition) is 3. The normalized spacial score (nSPS) is 13.2. The number of aliphatic carboxylic acids is 1. The summed E-state index contributed by atoms with van der Waals surface area (Å²) in [6.45, 7) is 0. The van der Waals surface area contributed by atoms with Gasteiger partial charge >= 0.3 is 5.97 Å². The third-order valence-electron chi connectivity index (χ3n) is 3.05. The van der Waals surface area contributed by atoms with Gasteiger partial charge in [-0.15, -0.1) is 0 Å². The van der Waals surface area contributed by atoms with Gasteiger partial charge in [-0.25, -0.2) is 4.79 Å². The lowest BCUT2D eigenvalue weighted by atomic mass is 10.0. The molecule has 2 aromatic carbocycles. The molecule has 2 atom stereocenters. The predicted molar refractivity (Wildman–Crippen MR) is 76.7 cm³/mol. The van der Waals surface area contributed by atoms with Crippen LogP contribution in [-0.4, -0.2) is 28.1 Å². The Balaban J connectivity index is 2.17. The molecule has 0 aliphatic carbocycles. The summed E-state index contributed by atoms with van der Waals surface area (Å²) in [5.74, 6) is -1.84. The number of carboxylic acids is 1. The van der Waals surface area contributed by atoms with E-state index in [0.717, 1.165) is 0 Å². The van der Waals surface area contributed by atoms with Gasteiger partial charge in [-0.1, -0.05) is 48.5 Å². The molecule has 0 fully saturated rings. The lowest BCUT2D eigenvalue weighted by Gasteiger charge is -2.20. The number of carbonyl (C=O) groups is 2. The van der Waals surface area contributed by atoms with Gasteiger partial charge in [0.1, 0.15) is 6.10 Å². The number of carboxylic acid groups (broad SMARTS) is 1. The molecule has 5 nitrogen and oxygen atoms in total. The highest BCUT2D eigenvalue weighted by molar-refractivity contribution is 5.96. The molecule has 0 aromatic heterocycles. The summed E-state index contributed by atoms with van der Waals surface area (Å²) < 4.78 is 0. The van der Waals surface area contributed by atoms with Crippen LogP contribution in [0.5, 0.6) is 0 Å². The summed E-state index contributed by atoms with van der Waals surface area (Å²) in [5.41, 5.74) is 0.766. The van der Waals surface area contributed by atoms with Gasteiger partial charge < -0.3 is 15.5 Å². The van der Waals surface area contributed by atoms with Gasteiger partial charge in [0.25, 0.3) is 5.91 Å². The van der Waals surface area contributed by atoms with E-state index in [1.165, 1.54) is 0 Å². The molecule has 2 rings (SSSR count). The number of hydrogen-bond donors (Lipinski definition) is 3. The summed E-state index contributed by atoms with van der Waals surface area (Å²) >= 11 is 0. The van der Waals surface area contributed by atoms with E-state index in [-0.39, 0.29) is 0 Å². The SMILES string of the molecule is O=C(N[C@H](C(=O)O)[C@@H](O)c1ccccc1)c1ccccc1. The van der Waals surface area contributed by atoms with E-state index in [0.29, 0.717) is 11.1 Å². The van der Waals surface area contributed by atoms with E-state index >= 15 is 0 Å². The second-order valence-corrected chi connectivity index (χ2v) is 4.51. The lowest BCUT2D eigenvalue weighted by Crippen LogP contribution is -2.45. The zero-order valence-corrected chi connectivity index (χ0v) is 11.1. The van der Waals surface area contributed by atoms with Gasteiger partial charge in [0.2, 0.25) is 0 Å². The lowest BCUT2D eigenvalue weighted by molar-refractivity contribution is -0.142. The summed E-state index contributed by atoms with van der Waals surface area (Å²) in [6, 6.07) is 15.2. The van der Waals surface area contributed by atoms with E-state index in [2.05, 4.69) is 5.32 Å². The Morgan fingerprint density at radius 1 is 0.905 bits per heavy atom. The van der Waals surface area contributed by atoms with Crippen LogP contribution in [0.3, 0.4) is 0 Å². The summed E-state index contributed by atoms with van der Waals surface area (Å²) in [7, 11) is 0. The molecule has 1 amide bonds. The highest BCUT2D eigenvalue weighted by atomic mass is 16.4. The van der Waals surface area contributed by atoms with E-state index in [9.17, 15) is 19.8 Å². The summed E-state index contributed by atoms with van der Waals surface area (Å²) in [5, 5.41) is 21.7. The number of aliphatic hydroxyl groups is 1. The number of benzene rings is 2. The fourth-order valence-corrected chi connectivity index (χ4v) is 1.93. The molecule has 0 aliphatic heterocycles. The van der Waals surface area contributed by atoms with Crippen molar-refractivity contribution in [3.63, 3.8) is 0 Å². The molecule has 0 saturated heterocycles. The Labute approximate surface area is 121 Å². The van der Waals surface area contributed by atoms with Crippen LogP contribution in [0.25, 0.3) is 0 Å². The van der Waals surface area contributed by atoms with Gasteiger partial charge in [-0.2, -0.15) is 0 Å². The Bertz CT molecular complexity index is 613. The molecule has 5 heteroatoms. The summed E-state index contributed by atoms with van der Waals surface area (Å²) in [6.07, 6.45) is -1.32. The zero-order chi connectivity index (χ0) is 15.2. The maximum Gasteiger partial charge on any atom is 0.329 e. The zero-order valence-electron chi connectivity index (χ0n) is 11.1. The number of rotatable bonds is 5. The van der Waals surface area contributed by atoms with Crippen molar-refractivity contribution >= 4 is 11.9 Å². The highest BCUT2D eigenvalue weighted by Crippen LogP contribution is 2.17. The molecule has 0 spiro atoms. The quantitative estimate of drug-likeness (QED) is 0.779. The maximum atomic E-state index is 12.0. The standard InChI is InChI=1S/C16H15NO4/c18-14(11-7-3-1-4-8-11)13(16(20)21)17-15(19)12-9-5-2-6-10-12/h1-10,13-14,18H,(H,17,19)(H,20,21)/t13-,14-/m0/s1. The van der Waals surface area contributed by atoms with Gasteiger partial charge in [-0.05, 0) is 17.7 Å². The summed E-state index contributed by atoms with van der Waals surface area (Å²) in [4.78, 5) is 23.3. The van der Waals surface area contributed by atoms with Gasteiger partial charge in [0.05, 0.1) is 0 Å². The van der Waals surface area contributed by atoms with Crippen LogP contribution in [0, 0.1) is 0 Å². The minimum Gasteiger partial charge on any atom is -0.480 e. The molecule has 0 bridgehead atoms. The van der Waals surface area contributed by atoms with Crippen molar-refractivity contribution in [2.75, 3.05) is 0 Å². The second kappa shape index (κ2) is 6.67. The predicted octanol–water partition coefficient (Wildman–Crippen LogP) is 1.60. The van der Waals surface area contributed by atoms with Crippen molar-refractivity contribution in [2.45, 2.75) is 12.1 Å². The highest BCUT2D eigenvalue weighted by Gasteiger charge is 2.29. The first kappa shape index (κ1) is 14.7. The van der Waals surface area contributed by atoms with Gasteiger partial charge in [0.15, 0.2) is 6.04 Å². The van der Waals surface area contributed by atoms with Crippen molar-refractivity contribution < 1.29 is 19.8 Å². The second-order valence-electron chi connectivity index (χ2n) is 4.51. The van der Waals surface area contributed by atoms with E-state index in [4.69, 9.17) is 0 Å². The minimum atomic E-state index is -1.42. The van der Waals surface area contributed by atoms with Crippen molar-refractivity contribution in [3.05, 3.63) is 71.8 Å². The van der Waals surface area contributed by atoms with Crippen LogP contribution in [0.15, 0.2) is 60.7 Å². The Hall–Kier alpha value is -2.66. The van der Waals surface area contributed by atoms with Crippen LogP contribution in [0.1, 0.15) is 22.0 Å². The van der Waals surface area contributed by atoms with Crippen LogP contribution in [-0.2, 0) is 4.79 Å². The molecule has 0 aliphatic rings. The number of amides is 1. The molecule has 0 unspecified atom stereocenters. The van der Waals surface area contributed by atoms with Crippen LogP contribution >= 0.6 is 0 Å². The Morgan fingerprint density at radius 2 is 1.43 bits per heavy atom. The number of nitrogens with one attached hydrogen (secondary N) is 1. The maximum absolute atomic E-state index is 12.0. The van der Waals surface area contributed by atoms with E-state index < -0.39 is 24.0 Å². The molecular weight excluding hydrogens is 270 g/mol. The topological polar surface area (TPSA) is 86.6 Å². The van der Waals surface area contributed by atoms with E-state index in [1.54, 1.807) is 60.7 Å². The molecular formula is C16H15NO4. The Kier molecular flexibility index (Phi) is 4.68. The number of carbonyl (C=O) groups excluding carboxylic acids is 1. The van der Waals surface area contributed by atoms with Crippen molar-refractivity contribution in [1.82, 2.24) is 5.32 Å². The van der Waals surface area contributed by atoms with Crippen molar-refractivity contribution in [3.8, 4) is 0 Å². The third kappa shape index (κ3) is 3.67. The number of aliphatic hydroxyl groups excluding tert-OH is 1. The smallest absolute Gasteiger partial charge is 0.329 e. The van der Waals surface area contributed by atoms with E-state index in [1.807, 2.05) is 0 Å².